The van der Waals surface area contributed by atoms with Crippen molar-refractivity contribution in [3.05, 3.63) is 70.4 Å². The van der Waals surface area contributed by atoms with Gasteiger partial charge in [0.05, 0.1) is 23.3 Å². The second-order valence-electron chi connectivity index (χ2n) is 6.11. The van der Waals surface area contributed by atoms with E-state index in [9.17, 15) is 9.18 Å². The molecule has 0 saturated heterocycles. The number of carbonyl (C=O) groups excluding carboxylic acids is 1. The van der Waals surface area contributed by atoms with Gasteiger partial charge in [-0.3, -0.25) is 4.79 Å². The number of hydrogen-bond donors (Lipinski definition) is 2. The molecule has 0 aliphatic carbocycles. The summed E-state index contributed by atoms with van der Waals surface area (Å²) < 4.78 is 18.7. The third-order valence-corrected chi connectivity index (χ3v) is 4.54. The molecule has 1 heterocycles. The van der Waals surface area contributed by atoms with E-state index in [0.717, 1.165) is 10.5 Å². The molecule has 0 aliphatic rings. The Morgan fingerprint density at radius 1 is 1.19 bits per heavy atom. The molecule has 0 radical (unpaired) electrons. The van der Waals surface area contributed by atoms with Crippen LogP contribution in [-0.4, -0.2) is 24.5 Å². The molecule has 0 bridgehead atoms. The first-order valence-corrected chi connectivity index (χ1v) is 8.93. The van der Waals surface area contributed by atoms with E-state index < -0.39 is 0 Å². The quantitative estimate of drug-likeness (QED) is 0.656. The lowest BCUT2D eigenvalue weighted by molar-refractivity contribution is -0.886. The number of carbonyl (C=O) groups is 1. The van der Waals surface area contributed by atoms with Gasteiger partial charge in [0.2, 0.25) is 0 Å². The molecule has 2 aromatic carbocycles. The predicted octanol–water partition coefficient (Wildman–Crippen LogP) is 3.44. The number of oxazole rings is 1. The second kappa shape index (κ2) is 8.52. The molecule has 27 heavy (non-hydrogen) atoms. The number of rotatable bonds is 6. The standard InChI is InChI=1S/C19H16Cl2FN3O2/c1-25(10-18(26)24-14-6-7-15(20)16(21)8-14)11-19-23-9-17(27-19)12-2-4-13(22)5-3-12/h2-9H,10-11H2,1H3,(H,24,26)/p+1. The SMILES string of the molecule is C[NH+](CC(=O)Nc1ccc(Cl)c(Cl)c1)Cc1ncc(-c2ccc(F)cc2)o1. The van der Waals surface area contributed by atoms with Gasteiger partial charge in [-0.25, -0.2) is 9.37 Å². The second-order valence-corrected chi connectivity index (χ2v) is 6.93. The van der Waals surface area contributed by atoms with Gasteiger partial charge < -0.3 is 14.6 Å². The van der Waals surface area contributed by atoms with Crippen molar-refractivity contribution in [1.82, 2.24) is 4.98 Å². The van der Waals surface area contributed by atoms with Gasteiger partial charge in [0.25, 0.3) is 11.8 Å². The molecule has 5 nitrogen and oxygen atoms in total. The van der Waals surface area contributed by atoms with Crippen molar-refractivity contribution in [3.63, 3.8) is 0 Å². The Kier molecular flexibility index (Phi) is 6.11. The van der Waals surface area contributed by atoms with E-state index in [0.29, 0.717) is 33.9 Å². The molecule has 3 rings (SSSR count). The summed E-state index contributed by atoms with van der Waals surface area (Å²) in [7, 11) is 1.86. The molecule has 3 aromatic rings. The lowest BCUT2D eigenvalue weighted by Gasteiger charge is -2.12. The van der Waals surface area contributed by atoms with Gasteiger partial charge in [0, 0.05) is 11.3 Å². The van der Waals surface area contributed by atoms with Gasteiger partial charge in [-0.15, -0.1) is 0 Å². The highest BCUT2D eigenvalue weighted by Gasteiger charge is 2.15. The van der Waals surface area contributed by atoms with Crippen LogP contribution >= 0.6 is 23.2 Å². The Bertz CT molecular complexity index is 944. The summed E-state index contributed by atoms with van der Waals surface area (Å²) in [6.07, 6.45) is 1.59. The van der Waals surface area contributed by atoms with Crippen molar-refractivity contribution in [2.75, 3.05) is 18.9 Å². The van der Waals surface area contributed by atoms with Crippen LogP contribution in [0.1, 0.15) is 5.89 Å². The summed E-state index contributed by atoms with van der Waals surface area (Å²) in [6, 6.07) is 10.9. The van der Waals surface area contributed by atoms with E-state index in [4.69, 9.17) is 27.6 Å². The maximum absolute atomic E-state index is 13.0. The van der Waals surface area contributed by atoms with Crippen LogP contribution in [0.5, 0.6) is 0 Å². The average Bonchev–Trinajstić information content (AvgIpc) is 3.07. The fourth-order valence-corrected chi connectivity index (χ4v) is 2.81. The summed E-state index contributed by atoms with van der Waals surface area (Å²) in [5, 5.41) is 3.58. The highest BCUT2D eigenvalue weighted by atomic mass is 35.5. The molecule has 0 spiro atoms. The highest BCUT2D eigenvalue weighted by Crippen LogP contribution is 2.25. The Balaban J connectivity index is 1.55. The minimum atomic E-state index is -0.310. The molecule has 0 aliphatic heterocycles. The molecular formula is C19H17Cl2FN3O2+. The first-order valence-electron chi connectivity index (χ1n) is 8.17. The molecule has 2 N–H and O–H groups in total. The number of quaternary nitrogens is 1. The lowest BCUT2D eigenvalue weighted by atomic mass is 10.2. The number of anilines is 1. The minimum Gasteiger partial charge on any atom is -0.435 e. The van der Waals surface area contributed by atoms with Crippen LogP contribution in [0.2, 0.25) is 10.0 Å². The molecule has 1 aromatic heterocycles. The van der Waals surface area contributed by atoms with Gasteiger partial charge in [-0.2, -0.15) is 0 Å². The number of hydrogen-bond acceptors (Lipinski definition) is 3. The normalized spacial score (nSPS) is 12.0. The monoisotopic (exact) mass is 408 g/mol. The van der Waals surface area contributed by atoms with E-state index in [-0.39, 0.29) is 18.3 Å². The molecule has 1 unspecified atom stereocenters. The van der Waals surface area contributed by atoms with Crippen molar-refractivity contribution in [2.24, 2.45) is 0 Å². The lowest BCUT2D eigenvalue weighted by Crippen LogP contribution is -3.08. The van der Waals surface area contributed by atoms with Crippen LogP contribution in [0.25, 0.3) is 11.3 Å². The maximum Gasteiger partial charge on any atom is 0.279 e. The van der Waals surface area contributed by atoms with Gasteiger partial charge in [-0.05, 0) is 42.5 Å². The summed E-state index contributed by atoms with van der Waals surface area (Å²) >= 11 is 11.8. The molecule has 0 saturated carbocycles. The molecule has 0 fully saturated rings. The van der Waals surface area contributed by atoms with Crippen molar-refractivity contribution in [3.8, 4) is 11.3 Å². The Morgan fingerprint density at radius 3 is 2.63 bits per heavy atom. The van der Waals surface area contributed by atoms with Gasteiger partial charge in [0.15, 0.2) is 18.8 Å². The third-order valence-electron chi connectivity index (χ3n) is 3.80. The van der Waals surface area contributed by atoms with E-state index in [1.165, 1.54) is 12.1 Å². The maximum atomic E-state index is 13.0. The van der Waals surface area contributed by atoms with Crippen molar-refractivity contribution >= 4 is 34.8 Å². The number of benzene rings is 2. The minimum absolute atomic E-state index is 0.170. The summed E-state index contributed by atoms with van der Waals surface area (Å²) in [5.74, 6) is 0.569. The molecule has 1 amide bonds. The average molecular weight is 409 g/mol. The van der Waals surface area contributed by atoms with Crippen molar-refractivity contribution < 1.29 is 18.5 Å². The largest absolute Gasteiger partial charge is 0.435 e. The van der Waals surface area contributed by atoms with Crippen LogP contribution < -0.4 is 10.2 Å². The van der Waals surface area contributed by atoms with E-state index >= 15 is 0 Å². The number of amides is 1. The number of halogens is 3. The topological polar surface area (TPSA) is 59.6 Å². The van der Waals surface area contributed by atoms with Crippen LogP contribution in [0.4, 0.5) is 10.1 Å². The fraction of sp³-hybridized carbons (Fsp3) is 0.158. The van der Waals surface area contributed by atoms with Crippen molar-refractivity contribution in [1.29, 1.82) is 0 Å². The molecule has 140 valence electrons. The van der Waals surface area contributed by atoms with Crippen LogP contribution in [0.3, 0.4) is 0 Å². The third kappa shape index (κ3) is 5.29. The number of nitrogens with one attached hydrogen (secondary N) is 2. The zero-order chi connectivity index (χ0) is 19.4. The summed E-state index contributed by atoms with van der Waals surface area (Å²) in [4.78, 5) is 17.3. The highest BCUT2D eigenvalue weighted by molar-refractivity contribution is 6.42. The van der Waals surface area contributed by atoms with E-state index in [1.807, 2.05) is 7.05 Å². The van der Waals surface area contributed by atoms with Crippen LogP contribution in [-0.2, 0) is 11.3 Å². The summed E-state index contributed by atoms with van der Waals surface area (Å²) in [6.45, 7) is 0.643. The Morgan fingerprint density at radius 2 is 1.93 bits per heavy atom. The van der Waals surface area contributed by atoms with E-state index in [1.54, 1.807) is 36.5 Å². The predicted molar refractivity (Wildman–Crippen MR) is 102 cm³/mol. The fourth-order valence-electron chi connectivity index (χ4n) is 2.51. The number of nitrogens with zero attached hydrogens (tertiary/aromatic N) is 1. The molecule has 8 heteroatoms. The molecular weight excluding hydrogens is 392 g/mol. The van der Waals surface area contributed by atoms with Crippen molar-refractivity contribution in [2.45, 2.75) is 6.54 Å². The van der Waals surface area contributed by atoms with Crippen LogP contribution in [0, 0.1) is 5.82 Å². The smallest absolute Gasteiger partial charge is 0.279 e. The Labute approximate surface area is 165 Å². The van der Waals surface area contributed by atoms with E-state index in [2.05, 4.69) is 10.3 Å². The zero-order valence-electron chi connectivity index (χ0n) is 14.4. The van der Waals surface area contributed by atoms with Crippen LogP contribution in [0.15, 0.2) is 53.1 Å². The van der Waals surface area contributed by atoms with Gasteiger partial charge in [-0.1, -0.05) is 23.2 Å². The summed E-state index contributed by atoms with van der Waals surface area (Å²) in [5.41, 5.74) is 1.32. The Hall–Kier alpha value is -2.41. The first kappa shape index (κ1) is 19.4. The van der Waals surface area contributed by atoms with Gasteiger partial charge >= 0.3 is 0 Å². The number of likely N-dealkylation sites (N-methyl/N-ethyl adjacent to an activating group) is 1. The zero-order valence-corrected chi connectivity index (χ0v) is 15.9. The molecule has 1 atom stereocenters. The van der Waals surface area contributed by atoms with Gasteiger partial charge in [0.1, 0.15) is 5.82 Å². The number of aromatic nitrogens is 1. The first-order chi connectivity index (χ1) is 12.9.